The molecule has 0 atom stereocenters. The van der Waals surface area contributed by atoms with Gasteiger partial charge in [-0.15, -0.1) is 0 Å². The smallest absolute Gasteiger partial charge is 0.335 e. The van der Waals surface area contributed by atoms with Gasteiger partial charge >= 0.3 is 6.03 Å². The molecule has 2 heterocycles. The van der Waals surface area contributed by atoms with Crippen molar-refractivity contribution in [3.63, 3.8) is 0 Å². The van der Waals surface area contributed by atoms with Crippen LogP contribution < -0.4 is 15.0 Å². The molecule has 0 bridgehead atoms. The number of carbonyl (C=O) groups excluding carboxylic acids is 3. The first-order valence-corrected chi connectivity index (χ1v) is 11.2. The van der Waals surface area contributed by atoms with Crippen LogP contribution in [0, 0.1) is 5.82 Å². The number of imide groups is 2. The van der Waals surface area contributed by atoms with Gasteiger partial charge in [-0.25, -0.2) is 14.1 Å². The third kappa shape index (κ3) is 5.32. The summed E-state index contributed by atoms with van der Waals surface area (Å²) in [5, 5.41) is 2.17. The number of hydrogen-bond donors (Lipinski definition) is 1. The predicted molar refractivity (Wildman–Crippen MR) is 130 cm³/mol. The number of benzene rings is 2. The number of barbiturate groups is 1. The third-order valence-electron chi connectivity index (χ3n) is 5.66. The van der Waals surface area contributed by atoms with E-state index in [1.165, 1.54) is 23.8 Å². The molecule has 4 amide bonds. The van der Waals surface area contributed by atoms with Crippen LogP contribution in [0.2, 0.25) is 0 Å². The Morgan fingerprint density at radius 1 is 0.971 bits per heavy atom. The van der Waals surface area contributed by atoms with Crippen LogP contribution in [0.25, 0.3) is 6.08 Å². The summed E-state index contributed by atoms with van der Waals surface area (Å²) in [6.07, 6.45) is 3.24. The summed E-state index contributed by atoms with van der Waals surface area (Å²) >= 11 is 0. The standard InChI is InChI=1S/C27H26FN3O4/c1-27(2,3)18-6-12-22(13-7-18)35-16-15-30-14-4-5-21(30)17-23-24(32)29-26(34)31(25(23)33)20-10-8-19(28)9-11-20/h4-14,17H,15-16H2,1-3H3,(H,29,32,34)/b23-17-. The Labute approximate surface area is 202 Å². The number of carbonyl (C=O) groups is 3. The lowest BCUT2D eigenvalue weighted by molar-refractivity contribution is -0.122. The van der Waals surface area contributed by atoms with Crippen LogP contribution in [0.4, 0.5) is 14.9 Å². The SMILES string of the molecule is CC(C)(C)c1ccc(OCCn2cccc2/C=C2/C(=O)NC(=O)N(c3ccc(F)cc3)C2=O)cc1. The molecular weight excluding hydrogens is 449 g/mol. The van der Waals surface area contributed by atoms with Crippen LogP contribution in [0.15, 0.2) is 72.4 Å². The number of urea groups is 1. The molecular formula is C27H26FN3O4. The number of halogens is 1. The highest BCUT2D eigenvalue weighted by molar-refractivity contribution is 6.39. The van der Waals surface area contributed by atoms with Crippen LogP contribution in [0.1, 0.15) is 32.0 Å². The Hall–Kier alpha value is -4.20. The van der Waals surface area contributed by atoms with Gasteiger partial charge in [0.2, 0.25) is 0 Å². The summed E-state index contributed by atoms with van der Waals surface area (Å²) < 4.78 is 21.0. The van der Waals surface area contributed by atoms with Crippen LogP contribution >= 0.6 is 0 Å². The van der Waals surface area contributed by atoms with Crippen LogP contribution in [-0.2, 0) is 21.5 Å². The van der Waals surface area contributed by atoms with Gasteiger partial charge in [0.25, 0.3) is 11.8 Å². The molecule has 180 valence electrons. The summed E-state index contributed by atoms with van der Waals surface area (Å²) in [5.41, 5.74) is 1.84. The van der Waals surface area contributed by atoms with Gasteiger partial charge in [0.1, 0.15) is 23.7 Å². The molecule has 8 heteroatoms. The van der Waals surface area contributed by atoms with E-state index in [0.717, 1.165) is 22.8 Å². The van der Waals surface area contributed by atoms with Crippen molar-refractivity contribution in [2.75, 3.05) is 11.5 Å². The molecule has 1 aliphatic heterocycles. The Morgan fingerprint density at radius 2 is 1.66 bits per heavy atom. The highest BCUT2D eigenvalue weighted by atomic mass is 19.1. The molecule has 0 spiro atoms. The summed E-state index contributed by atoms with van der Waals surface area (Å²) in [7, 11) is 0. The van der Waals surface area contributed by atoms with Gasteiger partial charge in [0.15, 0.2) is 0 Å². The van der Waals surface area contributed by atoms with Crippen molar-refractivity contribution in [2.24, 2.45) is 0 Å². The van der Waals surface area contributed by atoms with Crippen LogP contribution in [0.5, 0.6) is 5.75 Å². The number of hydrogen-bond acceptors (Lipinski definition) is 4. The predicted octanol–water partition coefficient (Wildman–Crippen LogP) is 4.67. The average molecular weight is 476 g/mol. The molecule has 3 aromatic rings. The highest BCUT2D eigenvalue weighted by Crippen LogP contribution is 2.25. The van der Waals surface area contributed by atoms with Crippen LogP contribution in [0.3, 0.4) is 0 Å². The van der Waals surface area contributed by atoms with Crippen molar-refractivity contribution >= 4 is 29.6 Å². The van der Waals surface area contributed by atoms with Gasteiger partial charge in [-0.05, 0) is 65.6 Å². The van der Waals surface area contributed by atoms with E-state index in [1.807, 2.05) is 35.0 Å². The van der Waals surface area contributed by atoms with E-state index >= 15 is 0 Å². The number of nitrogens with one attached hydrogen (secondary N) is 1. The van der Waals surface area contributed by atoms with Gasteiger partial charge in [-0.2, -0.15) is 0 Å². The van der Waals surface area contributed by atoms with Crippen LogP contribution in [-0.4, -0.2) is 29.0 Å². The summed E-state index contributed by atoms with van der Waals surface area (Å²) in [6, 6.07) is 15.5. The lowest BCUT2D eigenvalue weighted by Crippen LogP contribution is -2.54. The first-order valence-electron chi connectivity index (χ1n) is 11.2. The minimum absolute atomic E-state index is 0.0613. The number of aromatic nitrogens is 1. The number of anilines is 1. The molecule has 0 aliphatic carbocycles. The number of rotatable bonds is 6. The second kappa shape index (κ2) is 9.58. The Bertz CT molecular complexity index is 1290. The molecule has 0 radical (unpaired) electrons. The zero-order valence-electron chi connectivity index (χ0n) is 19.7. The van der Waals surface area contributed by atoms with Gasteiger partial charge in [-0.3, -0.25) is 14.9 Å². The van der Waals surface area contributed by atoms with Crippen molar-refractivity contribution in [3.05, 3.63) is 89.5 Å². The number of ether oxygens (including phenoxy) is 1. The quantitative estimate of drug-likeness (QED) is 0.415. The Morgan fingerprint density at radius 3 is 2.31 bits per heavy atom. The Balaban J connectivity index is 1.48. The molecule has 7 nitrogen and oxygen atoms in total. The average Bonchev–Trinajstić information content (AvgIpc) is 3.24. The zero-order valence-corrected chi connectivity index (χ0v) is 19.7. The van der Waals surface area contributed by atoms with E-state index in [-0.39, 0.29) is 16.7 Å². The van der Waals surface area contributed by atoms with Crippen molar-refractivity contribution < 1.29 is 23.5 Å². The summed E-state index contributed by atoms with van der Waals surface area (Å²) in [4.78, 5) is 38.6. The van der Waals surface area contributed by atoms with Crippen molar-refractivity contribution in [3.8, 4) is 5.75 Å². The normalized spacial score (nSPS) is 15.5. The minimum Gasteiger partial charge on any atom is -0.492 e. The van der Waals surface area contributed by atoms with E-state index in [2.05, 4.69) is 26.1 Å². The van der Waals surface area contributed by atoms with Gasteiger partial charge < -0.3 is 9.30 Å². The summed E-state index contributed by atoms with van der Waals surface area (Å²) in [6.45, 7) is 7.30. The molecule has 1 aromatic heterocycles. The minimum atomic E-state index is -0.884. The highest BCUT2D eigenvalue weighted by Gasteiger charge is 2.37. The number of nitrogens with zero attached hydrogens (tertiary/aromatic N) is 2. The van der Waals surface area contributed by atoms with Gasteiger partial charge in [0, 0.05) is 11.9 Å². The van der Waals surface area contributed by atoms with E-state index < -0.39 is 23.7 Å². The van der Waals surface area contributed by atoms with E-state index in [0.29, 0.717) is 18.8 Å². The Kier molecular flexibility index (Phi) is 6.55. The molecule has 1 fully saturated rings. The maximum atomic E-state index is 13.3. The zero-order chi connectivity index (χ0) is 25.2. The fourth-order valence-corrected chi connectivity index (χ4v) is 3.70. The van der Waals surface area contributed by atoms with Crippen molar-refractivity contribution in [2.45, 2.75) is 32.7 Å². The first kappa shape index (κ1) is 23.9. The topological polar surface area (TPSA) is 80.6 Å². The van der Waals surface area contributed by atoms with Gasteiger partial charge in [-0.1, -0.05) is 32.9 Å². The second-order valence-corrected chi connectivity index (χ2v) is 9.18. The molecule has 35 heavy (non-hydrogen) atoms. The number of amides is 4. The maximum absolute atomic E-state index is 13.3. The van der Waals surface area contributed by atoms with E-state index in [9.17, 15) is 18.8 Å². The van der Waals surface area contributed by atoms with Gasteiger partial charge in [0.05, 0.1) is 12.2 Å². The largest absolute Gasteiger partial charge is 0.492 e. The molecule has 1 N–H and O–H groups in total. The molecule has 0 saturated carbocycles. The van der Waals surface area contributed by atoms with Crippen molar-refractivity contribution in [1.29, 1.82) is 0 Å². The van der Waals surface area contributed by atoms with Crippen molar-refractivity contribution in [1.82, 2.24) is 9.88 Å². The summed E-state index contributed by atoms with van der Waals surface area (Å²) in [5.74, 6) is -1.33. The maximum Gasteiger partial charge on any atom is 0.335 e. The lowest BCUT2D eigenvalue weighted by Gasteiger charge is -2.26. The first-order chi connectivity index (χ1) is 16.6. The third-order valence-corrected chi connectivity index (χ3v) is 5.66. The molecule has 4 rings (SSSR count). The second-order valence-electron chi connectivity index (χ2n) is 9.18. The molecule has 1 saturated heterocycles. The van der Waals surface area contributed by atoms with E-state index in [1.54, 1.807) is 12.1 Å². The fourth-order valence-electron chi connectivity index (χ4n) is 3.70. The van der Waals surface area contributed by atoms with E-state index in [4.69, 9.17) is 4.74 Å². The fraction of sp³-hybridized carbons (Fsp3) is 0.222. The molecule has 1 aliphatic rings. The molecule has 0 unspecified atom stereocenters. The lowest BCUT2D eigenvalue weighted by atomic mass is 9.87. The molecule has 2 aromatic carbocycles. The monoisotopic (exact) mass is 475 g/mol.